The summed E-state index contributed by atoms with van der Waals surface area (Å²) in [5.41, 5.74) is 8.89. The quantitative estimate of drug-likeness (QED) is 0.851. The number of hydrogen-bond donors (Lipinski definition) is 1. The molecule has 2 aromatic carbocycles. The van der Waals surface area contributed by atoms with Gasteiger partial charge in [-0.25, -0.2) is 0 Å². The molecule has 3 atom stereocenters. The average Bonchev–Trinajstić information content (AvgIpc) is 3.20. The smallest absolute Gasteiger partial charge is 0.226 e. The van der Waals surface area contributed by atoms with Gasteiger partial charge in [-0.3, -0.25) is 9.59 Å². The van der Waals surface area contributed by atoms with E-state index in [0.29, 0.717) is 24.9 Å². The second kappa shape index (κ2) is 6.76. The van der Waals surface area contributed by atoms with E-state index in [2.05, 4.69) is 6.07 Å². The van der Waals surface area contributed by atoms with Crippen molar-refractivity contribution in [2.24, 2.45) is 17.6 Å². The van der Waals surface area contributed by atoms with Gasteiger partial charge in [0.2, 0.25) is 11.8 Å². The van der Waals surface area contributed by atoms with E-state index >= 15 is 0 Å². The number of fused-ring (bicyclic) bond motifs is 3. The normalized spacial score (nSPS) is 22.4. The van der Waals surface area contributed by atoms with Gasteiger partial charge in [-0.05, 0) is 47.1 Å². The first-order valence-corrected chi connectivity index (χ1v) is 9.31. The molecule has 4 nitrogen and oxygen atoms in total. The summed E-state index contributed by atoms with van der Waals surface area (Å²) < 4.78 is 0. The van der Waals surface area contributed by atoms with Crippen LogP contribution in [0.1, 0.15) is 29.0 Å². The number of primary amides is 1. The van der Waals surface area contributed by atoms with Crippen LogP contribution >= 0.6 is 11.6 Å². The van der Waals surface area contributed by atoms with Crippen LogP contribution in [-0.4, -0.2) is 23.3 Å². The number of benzene rings is 2. The molecule has 4 rings (SSSR count). The average molecular weight is 369 g/mol. The molecule has 2 N–H and O–H groups in total. The Kier molecular flexibility index (Phi) is 4.45. The monoisotopic (exact) mass is 368 g/mol. The SMILES string of the molecule is NC(=O)CCN(Cc1ccccc1)C(=O)C1C2Cc3cc(Cl)ccc3C21. The van der Waals surface area contributed by atoms with Crippen LogP contribution in [0.15, 0.2) is 48.5 Å². The van der Waals surface area contributed by atoms with Crippen molar-refractivity contribution in [2.75, 3.05) is 6.54 Å². The fourth-order valence-corrected chi connectivity index (χ4v) is 4.44. The van der Waals surface area contributed by atoms with Crippen molar-refractivity contribution < 1.29 is 9.59 Å². The zero-order chi connectivity index (χ0) is 18.3. The van der Waals surface area contributed by atoms with Crippen molar-refractivity contribution in [3.63, 3.8) is 0 Å². The molecule has 26 heavy (non-hydrogen) atoms. The molecule has 0 bridgehead atoms. The standard InChI is InChI=1S/C21H21ClN2O2/c22-15-6-7-16-14(10-15)11-17-19(16)20(17)21(26)24(9-8-18(23)25)12-13-4-2-1-3-5-13/h1-7,10,17,19-20H,8-9,11-12H2,(H2,23,25). The summed E-state index contributed by atoms with van der Waals surface area (Å²) in [4.78, 5) is 26.2. The second-order valence-corrected chi connectivity index (χ2v) is 7.66. The van der Waals surface area contributed by atoms with E-state index in [1.807, 2.05) is 42.5 Å². The Hall–Kier alpha value is -2.33. The lowest BCUT2D eigenvalue weighted by molar-refractivity contribution is -0.134. The molecule has 0 radical (unpaired) electrons. The minimum atomic E-state index is -0.383. The second-order valence-electron chi connectivity index (χ2n) is 7.22. The molecule has 0 saturated heterocycles. The Morgan fingerprint density at radius 1 is 1.15 bits per heavy atom. The van der Waals surface area contributed by atoms with E-state index in [4.69, 9.17) is 17.3 Å². The lowest BCUT2D eigenvalue weighted by Gasteiger charge is -2.23. The van der Waals surface area contributed by atoms with E-state index in [1.165, 1.54) is 11.1 Å². The number of amides is 2. The summed E-state index contributed by atoms with van der Waals surface area (Å²) in [6.45, 7) is 0.878. The fraction of sp³-hybridized carbons (Fsp3) is 0.333. The third-order valence-corrected chi connectivity index (χ3v) is 5.76. The minimum absolute atomic E-state index is 0.0141. The highest BCUT2D eigenvalue weighted by Gasteiger charge is 2.60. The predicted octanol–water partition coefficient (Wildman–Crippen LogP) is 3.13. The predicted molar refractivity (Wildman–Crippen MR) is 101 cm³/mol. The maximum absolute atomic E-state index is 13.2. The molecule has 0 aliphatic heterocycles. The topological polar surface area (TPSA) is 63.4 Å². The van der Waals surface area contributed by atoms with Crippen molar-refractivity contribution in [1.29, 1.82) is 0 Å². The summed E-state index contributed by atoms with van der Waals surface area (Å²) >= 11 is 6.08. The van der Waals surface area contributed by atoms with Crippen LogP contribution < -0.4 is 5.73 Å². The molecule has 0 heterocycles. The van der Waals surface area contributed by atoms with Gasteiger partial charge in [-0.2, -0.15) is 0 Å². The van der Waals surface area contributed by atoms with Gasteiger partial charge in [0.05, 0.1) is 0 Å². The highest BCUT2D eigenvalue weighted by atomic mass is 35.5. The van der Waals surface area contributed by atoms with Gasteiger partial charge >= 0.3 is 0 Å². The molecule has 1 fully saturated rings. The molecule has 2 aliphatic carbocycles. The third kappa shape index (κ3) is 3.21. The Balaban J connectivity index is 1.50. The first kappa shape index (κ1) is 17.1. The lowest BCUT2D eigenvalue weighted by atomic mass is 10.0. The summed E-state index contributed by atoms with van der Waals surface area (Å²) in [5.74, 6) is 0.419. The van der Waals surface area contributed by atoms with Gasteiger partial charge in [0, 0.05) is 30.5 Å². The molecular formula is C21H21ClN2O2. The molecule has 3 unspecified atom stereocenters. The van der Waals surface area contributed by atoms with Crippen molar-refractivity contribution >= 4 is 23.4 Å². The highest BCUT2D eigenvalue weighted by Crippen LogP contribution is 2.62. The highest BCUT2D eigenvalue weighted by molar-refractivity contribution is 6.30. The number of carbonyl (C=O) groups excluding carboxylic acids is 2. The summed E-state index contributed by atoms with van der Waals surface area (Å²) in [6, 6.07) is 15.8. The van der Waals surface area contributed by atoms with Crippen molar-refractivity contribution in [1.82, 2.24) is 4.90 Å². The van der Waals surface area contributed by atoms with Crippen molar-refractivity contribution in [2.45, 2.75) is 25.3 Å². The maximum Gasteiger partial charge on any atom is 0.226 e. The summed E-state index contributed by atoms with van der Waals surface area (Å²) in [7, 11) is 0. The maximum atomic E-state index is 13.2. The van der Waals surface area contributed by atoms with E-state index in [1.54, 1.807) is 4.90 Å². The van der Waals surface area contributed by atoms with Crippen molar-refractivity contribution in [3.8, 4) is 0 Å². The van der Waals surface area contributed by atoms with Gasteiger partial charge in [-0.15, -0.1) is 0 Å². The van der Waals surface area contributed by atoms with Crippen LogP contribution in [0.3, 0.4) is 0 Å². The van der Waals surface area contributed by atoms with Crippen LogP contribution in [-0.2, 0) is 22.6 Å². The largest absolute Gasteiger partial charge is 0.370 e. The summed E-state index contributed by atoms with van der Waals surface area (Å²) in [6.07, 6.45) is 1.10. The van der Waals surface area contributed by atoms with E-state index in [9.17, 15) is 9.59 Å². The van der Waals surface area contributed by atoms with Gasteiger partial charge < -0.3 is 10.6 Å². The molecule has 2 amide bonds. The molecule has 5 heteroatoms. The zero-order valence-electron chi connectivity index (χ0n) is 14.4. The van der Waals surface area contributed by atoms with Crippen LogP contribution in [0.2, 0.25) is 5.02 Å². The van der Waals surface area contributed by atoms with Gasteiger partial charge in [0.1, 0.15) is 0 Å². The number of rotatable bonds is 6. The van der Waals surface area contributed by atoms with Crippen LogP contribution in [0.5, 0.6) is 0 Å². The zero-order valence-corrected chi connectivity index (χ0v) is 15.2. The Labute approximate surface area is 157 Å². The molecule has 0 aromatic heterocycles. The fourth-order valence-electron chi connectivity index (χ4n) is 4.25. The van der Waals surface area contributed by atoms with Crippen LogP contribution in [0.4, 0.5) is 0 Å². The molecule has 1 saturated carbocycles. The number of carbonyl (C=O) groups is 2. The first-order valence-electron chi connectivity index (χ1n) is 8.94. The van der Waals surface area contributed by atoms with Gasteiger partial charge in [0.15, 0.2) is 0 Å². The molecule has 134 valence electrons. The number of halogens is 1. The number of hydrogen-bond acceptors (Lipinski definition) is 2. The molecule has 2 aliphatic rings. The van der Waals surface area contributed by atoms with E-state index < -0.39 is 0 Å². The minimum Gasteiger partial charge on any atom is -0.370 e. The molecule has 0 spiro atoms. The lowest BCUT2D eigenvalue weighted by Crippen LogP contribution is -2.35. The summed E-state index contributed by atoms with van der Waals surface area (Å²) in [5, 5.41) is 0.750. The number of nitrogens with zero attached hydrogens (tertiary/aromatic N) is 1. The van der Waals surface area contributed by atoms with Crippen LogP contribution in [0, 0.1) is 11.8 Å². The first-order chi connectivity index (χ1) is 12.5. The van der Waals surface area contributed by atoms with Gasteiger partial charge in [-0.1, -0.05) is 48.0 Å². The Bertz CT molecular complexity index is 852. The molecular weight excluding hydrogens is 348 g/mol. The van der Waals surface area contributed by atoms with Crippen molar-refractivity contribution in [3.05, 3.63) is 70.2 Å². The molecule has 2 aromatic rings. The van der Waals surface area contributed by atoms with Crippen LogP contribution in [0.25, 0.3) is 0 Å². The number of nitrogens with two attached hydrogens (primary N) is 1. The Morgan fingerprint density at radius 2 is 1.92 bits per heavy atom. The van der Waals surface area contributed by atoms with E-state index in [-0.39, 0.29) is 24.2 Å². The third-order valence-electron chi connectivity index (χ3n) is 5.53. The van der Waals surface area contributed by atoms with Gasteiger partial charge in [0.25, 0.3) is 0 Å². The van der Waals surface area contributed by atoms with E-state index in [0.717, 1.165) is 17.0 Å². The Morgan fingerprint density at radius 3 is 2.65 bits per heavy atom.